The highest BCUT2D eigenvalue weighted by Crippen LogP contribution is 2.57. The van der Waals surface area contributed by atoms with E-state index in [0.717, 1.165) is 13.8 Å². The van der Waals surface area contributed by atoms with Gasteiger partial charge < -0.3 is 9.68 Å². The molecular formula is C59H48F12N2O6. The van der Waals surface area contributed by atoms with Crippen molar-refractivity contribution in [2.45, 2.75) is 108 Å². The van der Waals surface area contributed by atoms with Crippen molar-refractivity contribution in [3.05, 3.63) is 190 Å². The van der Waals surface area contributed by atoms with E-state index in [1.807, 2.05) is 0 Å². The fourth-order valence-electron chi connectivity index (χ4n) is 10.3. The maximum absolute atomic E-state index is 13.7. The molecule has 2 aliphatic rings. The molecule has 79 heavy (non-hydrogen) atoms. The van der Waals surface area contributed by atoms with Crippen molar-refractivity contribution < 1.29 is 81.5 Å². The first-order valence-electron chi connectivity index (χ1n) is 24.5. The van der Waals surface area contributed by atoms with E-state index < -0.39 is 110 Å². The largest absolute Gasteiger partial charge is 0.389 e. The van der Waals surface area contributed by atoms with Gasteiger partial charge in [0, 0.05) is 72.6 Å². The van der Waals surface area contributed by atoms with Crippen LogP contribution in [0.3, 0.4) is 0 Å². The molecule has 0 heterocycles. The molecule has 0 amide bonds. The third-order valence-electron chi connectivity index (χ3n) is 13.8. The van der Waals surface area contributed by atoms with Gasteiger partial charge in [-0.05, 0) is 94.8 Å². The molecule has 6 aromatic carbocycles. The summed E-state index contributed by atoms with van der Waals surface area (Å²) < 4.78 is 161. The van der Waals surface area contributed by atoms with E-state index in [0.29, 0.717) is 50.1 Å². The van der Waals surface area contributed by atoms with Crippen molar-refractivity contribution in [3.8, 4) is 22.3 Å². The minimum atomic E-state index is -4.61. The summed E-state index contributed by atoms with van der Waals surface area (Å²) in [6.45, 7) is 3.91. The van der Waals surface area contributed by atoms with Crippen LogP contribution in [0, 0.1) is 6.92 Å². The molecule has 8 nitrogen and oxygen atoms in total. The first-order valence-corrected chi connectivity index (χ1v) is 24.5. The van der Waals surface area contributed by atoms with E-state index >= 15 is 0 Å². The number of alkyl halides is 12. The second-order valence-corrected chi connectivity index (χ2v) is 19.1. The predicted molar refractivity (Wildman–Crippen MR) is 269 cm³/mol. The predicted octanol–water partition coefficient (Wildman–Crippen LogP) is 15.9. The molecule has 8 rings (SSSR count). The molecular weight excluding hydrogens is 1060 g/mol. The lowest BCUT2D eigenvalue weighted by Crippen LogP contribution is -2.30. The van der Waals surface area contributed by atoms with E-state index in [4.69, 9.17) is 9.68 Å². The number of halogens is 12. The average molecular weight is 1110 g/mol. The number of oxime groups is 2. The van der Waals surface area contributed by atoms with E-state index in [1.165, 1.54) is 36.4 Å². The van der Waals surface area contributed by atoms with Crippen LogP contribution in [0.2, 0.25) is 0 Å². The van der Waals surface area contributed by atoms with Gasteiger partial charge in [0.1, 0.15) is 0 Å². The fraction of sp³-hybridized carbons (Fsp3) is 0.288. The summed E-state index contributed by atoms with van der Waals surface area (Å²) in [5.74, 6) is -2.96. The quantitative estimate of drug-likeness (QED) is 0.0314. The highest BCUT2D eigenvalue weighted by atomic mass is 19.4. The number of Topliss-reactive ketones (excluding diaryl/α,β-unsaturated/α-hetero) is 2. The summed E-state index contributed by atoms with van der Waals surface area (Å²) in [5, 5.41) is 7.45. The molecule has 20 heteroatoms. The fourth-order valence-corrected chi connectivity index (χ4v) is 10.3. The van der Waals surface area contributed by atoms with Crippen molar-refractivity contribution >= 4 is 34.9 Å². The first kappa shape index (κ1) is 58.8. The SMILES string of the molecule is CC(=O)O/N=C(/C(=O)c1ccc2c(c1)C(CCC(F)(F)F)(CCC(F)(F)F)c1ccccc1-2)c1ccccc1.CC(=O)O/N=C(/C(=O)c1ccc2c(c1)C(CCC(F)(F)F)(CCC(F)(F)F)c1ccccc1-2)c1ccccc1C. The van der Waals surface area contributed by atoms with Crippen LogP contribution in [0.1, 0.15) is 125 Å². The molecule has 0 unspecified atom stereocenters. The molecule has 0 atom stereocenters. The highest BCUT2D eigenvalue weighted by molar-refractivity contribution is 6.52. The van der Waals surface area contributed by atoms with Gasteiger partial charge in [-0.25, -0.2) is 9.59 Å². The number of rotatable bonds is 16. The lowest BCUT2D eigenvalue weighted by atomic mass is 9.70. The summed E-state index contributed by atoms with van der Waals surface area (Å²) in [7, 11) is 0. The van der Waals surface area contributed by atoms with E-state index in [-0.39, 0.29) is 33.7 Å². The number of hydrogen-bond acceptors (Lipinski definition) is 8. The average Bonchev–Trinajstić information content (AvgIpc) is 4.09. The molecule has 0 aliphatic heterocycles. The Labute approximate surface area is 445 Å². The van der Waals surface area contributed by atoms with Gasteiger partial charge in [-0.3, -0.25) is 9.59 Å². The number of nitrogens with zero attached hydrogens (tertiary/aromatic N) is 2. The Hall–Kier alpha value is -7.90. The minimum Gasteiger partial charge on any atom is -0.318 e. The first-order chi connectivity index (χ1) is 37.0. The van der Waals surface area contributed by atoms with Gasteiger partial charge in [0.2, 0.25) is 11.6 Å². The van der Waals surface area contributed by atoms with Gasteiger partial charge in [-0.15, -0.1) is 0 Å². The molecule has 414 valence electrons. The van der Waals surface area contributed by atoms with E-state index in [1.54, 1.807) is 110 Å². The Bertz CT molecular complexity index is 3290. The number of carbonyl (C=O) groups excluding carboxylic acids is 4. The molecule has 0 saturated carbocycles. The number of benzene rings is 6. The molecule has 0 spiro atoms. The molecule has 0 N–H and O–H groups in total. The summed E-state index contributed by atoms with van der Waals surface area (Å²) in [4.78, 5) is 59.7. The van der Waals surface area contributed by atoms with Crippen LogP contribution in [0.5, 0.6) is 0 Å². The topological polar surface area (TPSA) is 111 Å². The number of aryl methyl sites for hydroxylation is 1. The number of carbonyl (C=O) groups is 4. The zero-order valence-electron chi connectivity index (χ0n) is 42.3. The van der Waals surface area contributed by atoms with Crippen LogP contribution in [-0.2, 0) is 30.1 Å². The maximum atomic E-state index is 13.7. The van der Waals surface area contributed by atoms with E-state index in [9.17, 15) is 71.9 Å². The molecule has 0 radical (unpaired) electrons. The monoisotopic (exact) mass is 1110 g/mol. The summed E-state index contributed by atoms with van der Waals surface area (Å²) in [6.07, 6.45) is -26.1. The Morgan fingerprint density at radius 3 is 1.14 bits per heavy atom. The van der Waals surface area contributed by atoms with E-state index in [2.05, 4.69) is 10.3 Å². The summed E-state index contributed by atoms with van der Waals surface area (Å²) in [5.41, 5.74) is 0.665. The number of ketones is 2. The Kier molecular flexibility index (Phi) is 17.3. The van der Waals surface area contributed by atoms with Crippen LogP contribution in [0.4, 0.5) is 52.7 Å². The third kappa shape index (κ3) is 13.9. The van der Waals surface area contributed by atoms with Crippen LogP contribution < -0.4 is 0 Å². The second-order valence-electron chi connectivity index (χ2n) is 19.1. The van der Waals surface area contributed by atoms with Gasteiger partial charge in [-0.1, -0.05) is 138 Å². The lowest BCUT2D eigenvalue weighted by molar-refractivity contribution is -0.145. The molecule has 0 bridgehead atoms. The van der Waals surface area contributed by atoms with Crippen LogP contribution in [0.15, 0.2) is 150 Å². The number of fused-ring (bicyclic) bond motifs is 6. The molecule has 0 aromatic heterocycles. The molecule has 0 fully saturated rings. The van der Waals surface area contributed by atoms with Gasteiger partial charge in [0.25, 0.3) is 0 Å². The molecule has 6 aromatic rings. The standard InChI is InChI=1S/C30H25F6NO3.C29H23F6NO3/c1-18-7-3-4-8-21(18)26(37-40-19(2)38)27(39)20-11-12-23-22-9-5-6-10-24(22)28(25(23)17-20,13-15-29(31,32)33)14-16-30(34,35)36;1-18(37)39-36-25(19-7-3-2-4-8-19)26(38)20-11-12-22-21-9-5-6-10-23(21)27(24(22)17-20,13-15-28(30,31)32)14-16-29(33,34)35/h3-12,17H,13-16H2,1-2H3;2-12,17H,13-16H2,1H3/b37-26+;36-25+. The van der Waals surface area contributed by atoms with Crippen LogP contribution >= 0.6 is 0 Å². The normalized spacial score (nSPS) is 14.5. The Morgan fingerprint density at radius 2 is 0.747 bits per heavy atom. The Balaban J connectivity index is 0.000000229. The van der Waals surface area contributed by atoms with Crippen molar-refractivity contribution in [3.63, 3.8) is 0 Å². The van der Waals surface area contributed by atoms with Gasteiger partial charge in [-0.2, -0.15) is 52.7 Å². The summed E-state index contributed by atoms with van der Waals surface area (Å²) in [6, 6.07) is 36.3. The van der Waals surface area contributed by atoms with Gasteiger partial charge in [0.15, 0.2) is 11.4 Å². The van der Waals surface area contributed by atoms with Crippen LogP contribution in [0.25, 0.3) is 22.3 Å². The second kappa shape index (κ2) is 23.2. The van der Waals surface area contributed by atoms with Crippen molar-refractivity contribution in [2.24, 2.45) is 10.3 Å². The smallest absolute Gasteiger partial charge is 0.318 e. The number of hydrogen-bond donors (Lipinski definition) is 0. The molecule has 0 saturated heterocycles. The van der Waals surface area contributed by atoms with Gasteiger partial charge >= 0.3 is 36.6 Å². The van der Waals surface area contributed by atoms with Gasteiger partial charge in [0.05, 0.1) is 0 Å². The van der Waals surface area contributed by atoms with Crippen LogP contribution in [-0.4, -0.2) is 59.6 Å². The highest BCUT2D eigenvalue weighted by Gasteiger charge is 2.49. The van der Waals surface area contributed by atoms with Crippen molar-refractivity contribution in [1.29, 1.82) is 0 Å². The third-order valence-corrected chi connectivity index (χ3v) is 13.8. The Morgan fingerprint density at radius 1 is 0.405 bits per heavy atom. The maximum Gasteiger partial charge on any atom is 0.389 e. The molecule has 2 aliphatic carbocycles. The zero-order valence-corrected chi connectivity index (χ0v) is 42.3. The summed E-state index contributed by atoms with van der Waals surface area (Å²) >= 11 is 0. The minimum absolute atomic E-state index is 0.0101. The van der Waals surface area contributed by atoms with Crippen molar-refractivity contribution in [1.82, 2.24) is 0 Å². The van der Waals surface area contributed by atoms with Crippen molar-refractivity contribution in [2.75, 3.05) is 0 Å². The lowest BCUT2D eigenvalue weighted by Gasteiger charge is -2.33. The zero-order chi connectivity index (χ0) is 57.7.